The highest BCUT2D eigenvalue weighted by molar-refractivity contribution is 7.75. The third kappa shape index (κ3) is 3.68. The molecule has 0 radical (unpaired) electrons. The summed E-state index contributed by atoms with van der Waals surface area (Å²) < 4.78 is 45.1. The first kappa shape index (κ1) is 20.0. The van der Waals surface area contributed by atoms with Gasteiger partial charge in [-0.25, -0.2) is 13.6 Å². The molecule has 0 saturated heterocycles. The normalized spacial score (nSPS) is 16.2. The molecular weight excluding hydrogens is 394 g/mol. The van der Waals surface area contributed by atoms with E-state index in [-0.39, 0.29) is 16.6 Å². The predicted molar refractivity (Wildman–Crippen MR) is 109 cm³/mol. The van der Waals surface area contributed by atoms with Crippen LogP contribution in [-0.2, 0) is 40.5 Å². The highest BCUT2D eigenvalue weighted by atomic mass is 32.2. The molecule has 4 rings (SSSR count). The highest BCUT2D eigenvalue weighted by Crippen LogP contribution is 2.41. The first-order valence-corrected chi connectivity index (χ1v) is 11.1. The lowest BCUT2D eigenvalue weighted by molar-refractivity contribution is 0.260. The molecule has 29 heavy (non-hydrogen) atoms. The van der Waals surface area contributed by atoms with Gasteiger partial charge in [0.25, 0.3) is 0 Å². The van der Waals surface area contributed by atoms with Gasteiger partial charge in [-0.15, -0.1) is 10.6 Å². The summed E-state index contributed by atoms with van der Waals surface area (Å²) >= 11 is 0. The zero-order valence-electron chi connectivity index (χ0n) is 16.5. The van der Waals surface area contributed by atoms with Crippen LogP contribution >= 0.6 is 0 Å². The van der Waals surface area contributed by atoms with Gasteiger partial charge in [0.15, 0.2) is 0 Å². The Labute approximate surface area is 170 Å². The molecule has 2 aromatic carbocycles. The van der Waals surface area contributed by atoms with Gasteiger partial charge >= 0.3 is 6.03 Å². The summed E-state index contributed by atoms with van der Waals surface area (Å²) in [5.41, 5.74) is 4.41. The van der Waals surface area contributed by atoms with Crippen LogP contribution in [0.25, 0.3) is 0 Å². The second-order valence-electron chi connectivity index (χ2n) is 7.93. The molecule has 0 fully saturated rings. The average Bonchev–Trinajstić information content (AvgIpc) is 3.34. The first-order chi connectivity index (χ1) is 13.9. The Morgan fingerprint density at radius 1 is 1.03 bits per heavy atom. The van der Waals surface area contributed by atoms with E-state index in [1.807, 2.05) is 13.8 Å². The lowest BCUT2D eigenvalue weighted by Crippen LogP contribution is -2.13. The number of benzene rings is 2. The van der Waals surface area contributed by atoms with Crippen LogP contribution in [0.2, 0.25) is 0 Å². The molecule has 0 aromatic heterocycles. The van der Waals surface area contributed by atoms with Crippen LogP contribution < -0.4 is 5.32 Å². The number of fused-ring (bicyclic) bond motifs is 2. The van der Waals surface area contributed by atoms with Crippen LogP contribution in [-0.4, -0.2) is 6.03 Å². The first-order valence-electron chi connectivity index (χ1n) is 9.95. The average molecular weight is 418 g/mol. The lowest BCUT2D eigenvalue weighted by atomic mass is 9.98. The van der Waals surface area contributed by atoms with E-state index < -0.39 is 22.4 Å². The van der Waals surface area contributed by atoms with Gasteiger partial charge in [-0.1, -0.05) is 30.9 Å². The van der Waals surface area contributed by atoms with E-state index in [1.165, 1.54) is 12.1 Å². The molecule has 0 atom stereocenters. The Kier molecular flexibility index (Phi) is 5.42. The standard InChI is InChI=1S/C22H23F2N2O2S/c1-12(2)13-9-10-19(18(23)11-13)29(28)26-22(27)25-21-16-7-3-5-14(16)20(24)15-6-4-8-17(15)21/h9-12H,3-8H2,1-2H3,(H,25,27)/q-1. The van der Waals surface area contributed by atoms with E-state index in [0.29, 0.717) is 42.5 Å². The maximum absolute atomic E-state index is 14.7. The Bertz CT molecular complexity index is 1050. The molecule has 154 valence electrons. The molecular formula is C22H23F2N2O2S-. The topological polar surface area (TPSA) is 58.5 Å². The van der Waals surface area contributed by atoms with Gasteiger partial charge in [0.2, 0.25) is 0 Å². The number of nitrogens with one attached hydrogen (secondary N) is 1. The number of anilines is 1. The van der Waals surface area contributed by atoms with Crippen LogP contribution in [0.1, 0.15) is 60.4 Å². The van der Waals surface area contributed by atoms with E-state index in [9.17, 15) is 17.8 Å². The number of amides is 2. The quantitative estimate of drug-likeness (QED) is 0.641. The Balaban J connectivity index is 1.64. The second kappa shape index (κ2) is 7.86. The maximum atomic E-state index is 14.7. The summed E-state index contributed by atoms with van der Waals surface area (Å²) in [5.74, 6) is -0.639. The SMILES string of the molecule is CC(C)c1ccc([S-](=O)=NC(=O)Nc2c3c(c(F)c4c2CCC4)CCC3)c(F)c1. The van der Waals surface area contributed by atoms with Crippen LogP contribution in [0.4, 0.5) is 19.3 Å². The number of hydrogen-bond donors (Lipinski definition) is 1. The van der Waals surface area contributed by atoms with Crippen molar-refractivity contribution in [2.24, 2.45) is 4.36 Å². The fourth-order valence-corrected chi connectivity index (χ4v) is 5.02. The Hall–Kier alpha value is -2.28. The minimum Gasteiger partial charge on any atom is -0.439 e. The van der Waals surface area contributed by atoms with Gasteiger partial charge in [0, 0.05) is 5.69 Å². The van der Waals surface area contributed by atoms with E-state index in [2.05, 4.69) is 9.68 Å². The number of carbonyl (C=O) groups excluding carboxylic acids is 1. The zero-order valence-corrected chi connectivity index (χ0v) is 17.3. The summed E-state index contributed by atoms with van der Waals surface area (Å²) in [4.78, 5) is 12.4. The van der Waals surface area contributed by atoms with Crippen molar-refractivity contribution in [3.05, 3.63) is 57.7 Å². The molecule has 7 heteroatoms. The van der Waals surface area contributed by atoms with Crippen LogP contribution in [0, 0.1) is 11.6 Å². The summed E-state index contributed by atoms with van der Waals surface area (Å²) in [6.45, 7) is 3.87. The summed E-state index contributed by atoms with van der Waals surface area (Å²) in [6, 6.07) is 3.62. The van der Waals surface area contributed by atoms with Gasteiger partial charge in [0.05, 0.1) is 0 Å². The van der Waals surface area contributed by atoms with Gasteiger partial charge in [-0.2, -0.15) is 0 Å². The molecule has 0 aliphatic heterocycles. The molecule has 0 saturated carbocycles. The third-order valence-corrected chi connectivity index (χ3v) is 6.82. The fraction of sp³-hybridized carbons (Fsp3) is 0.409. The molecule has 0 unspecified atom stereocenters. The van der Waals surface area contributed by atoms with Crippen molar-refractivity contribution in [2.45, 2.75) is 63.2 Å². The van der Waals surface area contributed by atoms with Crippen LogP contribution in [0.15, 0.2) is 27.5 Å². The molecule has 4 nitrogen and oxygen atoms in total. The van der Waals surface area contributed by atoms with E-state index >= 15 is 0 Å². The fourth-order valence-electron chi connectivity index (χ4n) is 4.31. The number of hydrogen-bond acceptors (Lipinski definition) is 3. The van der Waals surface area contributed by atoms with Crippen LogP contribution in [0.5, 0.6) is 0 Å². The van der Waals surface area contributed by atoms with Crippen molar-refractivity contribution in [1.29, 1.82) is 0 Å². The van der Waals surface area contributed by atoms with Crippen molar-refractivity contribution in [2.75, 3.05) is 5.32 Å². The second-order valence-corrected chi connectivity index (χ2v) is 9.05. The van der Waals surface area contributed by atoms with Crippen molar-refractivity contribution in [3.8, 4) is 0 Å². The summed E-state index contributed by atoms with van der Waals surface area (Å²) in [5, 5.41) is 2.73. The number of urea groups is 1. The largest absolute Gasteiger partial charge is 0.439 e. The van der Waals surface area contributed by atoms with Crippen molar-refractivity contribution in [1.82, 2.24) is 0 Å². The van der Waals surface area contributed by atoms with Crippen molar-refractivity contribution in [3.63, 3.8) is 0 Å². The van der Waals surface area contributed by atoms with Crippen molar-refractivity contribution < 1.29 is 17.8 Å². The molecule has 2 aromatic rings. The van der Waals surface area contributed by atoms with Crippen LogP contribution in [0.3, 0.4) is 0 Å². The molecule has 1 N–H and O–H groups in total. The van der Waals surface area contributed by atoms with E-state index in [1.54, 1.807) is 6.07 Å². The molecule has 0 heterocycles. The summed E-state index contributed by atoms with van der Waals surface area (Å²) in [7, 11) is -2.16. The van der Waals surface area contributed by atoms with Gasteiger partial charge in [0.1, 0.15) is 11.6 Å². The zero-order chi connectivity index (χ0) is 20.7. The minimum absolute atomic E-state index is 0.126. The predicted octanol–water partition coefficient (Wildman–Crippen LogP) is 5.80. The number of carbonyl (C=O) groups is 1. The van der Waals surface area contributed by atoms with Gasteiger partial charge < -0.3 is 13.9 Å². The molecule has 2 aliphatic rings. The molecule has 2 aliphatic carbocycles. The highest BCUT2D eigenvalue weighted by Gasteiger charge is 2.29. The maximum Gasteiger partial charge on any atom is 0.322 e. The summed E-state index contributed by atoms with van der Waals surface area (Å²) in [6.07, 6.45) is 4.40. The Morgan fingerprint density at radius 3 is 2.17 bits per heavy atom. The molecule has 0 spiro atoms. The minimum atomic E-state index is -2.16. The Morgan fingerprint density at radius 2 is 1.62 bits per heavy atom. The monoisotopic (exact) mass is 417 g/mol. The van der Waals surface area contributed by atoms with Crippen molar-refractivity contribution >= 4 is 22.3 Å². The smallest absolute Gasteiger partial charge is 0.322 e. The third-order valence-electron chi connectivity index (χ3n) is 5.78. The van der Waals surface area contributed by atoms with Gasteiger partial charge in [-0.3, -0.25) is 0 Å². The van der Waals surface area contributed by atoms with Gasteiger partial charge in [-0.05, 0) is 78.3 Å². The molecule has 2 amide bonds. The number of nitrogens with zero attached hydrogens (tertiary/aromatic N) is 1. The van der Waals surface area contributed by atoms with E-state index in [4.69, 9.17) is 0 Å². The molecule has 0 bridgehead atoms. The van der Waals surface area contributed by atoms with E-state index in [0.717, 1.165) is 29.5 Å². The number of rotatable bonds is 3. The number of halogens is 2. The lowest BCUT2D eigenvalue weighted by Gasteiger charge is -2.17.